The summed E-state index contributed by atoms with van der Waals surface area (Å²) in [5, 5.41) is 8.10. The third-order valence-electron chi connectivity index (χ3n) is 3.29. The Bertz CT molecular complexity index is 447. The summed E-state index contributed by atoms with van der Waals surface area (Å²) in [6.07, 6.45) is 2.30. The van der Waals surface area contributed by atoms with E-state index in [2.05, 4.69) is 66.3 Å². The number of hydrogen-bond acceptors (Lipinski definition) is 2. The highest BCUT2D eigenvalue weighted by atomic mass is 32.1. The van der Waals surface area contributed by atoms with Crippen LogP contribution in [0.5, 0.6) is 0 Å². The largest absolute Gasteiger partial charge is 0.310 e. The van der Waals surface area contributed by atoms with Crippen molar-refractivity contribution in [2.24, 2.45) is 5.92 Å². The molecule has 1 atom stereocenters. The van der Waals surface area contributed by atoms with E-state index in [0.29, 0.717) is 12.0 Å². The molecule has 2 rings (SSSR count). The van der Waals surface area contributed by atoms with Crippen LogP contribution in [0.1, 0.15) is 37.4 Å². The van der Waals surface area contributed by atoms with E-state index >= 15 is 0 Å². The van der Waals surface area contributed by atoms with E-state index < -0.39 is 0 Å². The first-order valence-electron chi connectivity index (χ1n) is 7.05. The maximum absolute atomic E-state index is 3.71. The summed E-state index contributed by atoms with van der Waals surface area (Å²) in [7, 11) is 0. The van der Waals surface area contributed by atoms with E-state index in [-0.39, 0.29) is 0 Å². The van der Waals surface area contributed by atoms with E-state index in [1.807, 2.05) is 0 Å². The molecule has 1 aromatic carbocycles. The van der Waals surface area contributed by atoms with Crippen LogP contribution in [-0.4, -0.2) is 6.54 Å². The zero-order chi connectivity index (χ0) is 13.5. The van der Waals surface area contributed by atoms with Crippen LogP contribution >= 0.6 is 11.3 Å². The van der Waals surface area contributed by atoms with Gasteiger partial charge in [-0.2, -0.15) is 11.3 Å². The number of thiophene rings is 1. The minimum absolute atomic E-state index is 0.472. The molecule has 19 heavy (non-hydrogen) atoms. The standard InChI is InChI=1S/C17H23NS/c1-14(2)12-17(16-6-4-3-5-7-16)18-10-8-15-9-11-19-13-15/h3-7,9,11,13-14,17-18H,8,10,12H2,1-2H3. The highest BCUT2D eigenvalue weighted by Gasteiger charge is 2.12. The van der Waals surface area contributed by atoms with Crippen molar-refractivity contribution in [1.29, 1.82) is 0 Å². The summed E-state index contributed by atoms with van der Waals surface area (Å²) >= 11 is 1.78. The summed E-state index contributed by atoms with van der Waals surface area (Å²) in [4.78, 5) is 0. The van der Waals surface area contributed by atoms with Crippen molar-refractivity contribution in [3.05, 3.63) is 58.3 Å². The Hall–Kier alpha value is -1.12. The van der Waals surface area contributed by atoms with Gasteiger partial charge in [0.2, 0.25) is 0 Å². The lowest BCUT2D eigenvalue weighted by molar-refractivity contribution is 0.432. The van der Waals surface area contributed by atoms with Crippen LogP contribution in [0.3, 0.4) is 0 Å². The molecule has 0 amide bonds. The molecule has 0 bridgehead atoms. The van der Waals surface area contributed by atoms with Crippen LogP contribution in [0.2, 0.25) is 0 Å². The zero-order valence-electron chi connectivity index (χ0n) is 11.8. The van der Waals surface area contributed by atoms with Gasteiger partial charge in [0.05, 0.1) is 0 Å². The molecule has 0 radical (unpaired) electrons. The second-order valence-corrected chi connectivity index (χ2v) is 6.21. The molecule has 0 saturated heterocycles. The van der Waals surface area contributed by atoms with Gasteiger partial charge in [-0.25, -0.2) is 0 Å². The van der Waals surface area contributed by atoms with Crippen LogP contribution in [-0.2, 0) is 6.42 Å². The summed E-state index contributed by atoms with van der Waals surface area (Å²) in [5.74, 6) is 0.707. The molecule has 0 aliphatic carbocycles. The average molecular weight is 273 g/mol. The van der Waals surface area contributed by atoms with E-state index in [4.69, 9.17) is 0 Å². The Balaban J connectivity index is 1.91. The molecule has 0 aliphatic heterocycles. The first-order valence-corrected chi connectivity index (χ1v) is 7.99. The van der Waals surface area contributed by atoms with Crippen LogP contribution in [0.25, 0.3) is 0 Å². The predicted molar refractivity (Wildman–Crippen MR) is 84.7 cm³/mol. The van der Waals surface area contributed by atoms with Crippen molar-refractivity contribution in [2.45, 2.75) is 32.7 Å². The second kappa shape index (κ2) is 7.46. The van der Waals surface area contributed by atoms with Gasteiger partial charge in [-0.3, -0.25) is 0 Å². The van der Waals surface area contributed by atoms with Gasteiger partial charge in [0.25, 0.3) is 0 Å². The van der Waals surface area contributed by atoms with E-state index in [1.54, 1.807) is 11.3 Å². The molecule has 1 unspecified atom stereocenters. The highest BCUT2D eigenvalue weighted by molar-refractivity contribution is 7.07. The van der Waals surface area contributed by atoms with Crippen molar-refractivity contribution in [2.75, 3.05) is 6.54 Å². The smallest absolute Gasteiger partial charge is 0.0322 e. The molecule has 0 aliphatic rings. The minimum atomic E-state index is 0.472. The van der Waals surface area contributed by atoms with E-state index in [9.17, 15) is 0 Å². The predicted octanol–water partition coefficient (Wildman–Crippen LogP) is 4.67. The molecule has 0 saturated carbocycles. The van der Waals surface area contributed by atoms with Crippen LogP contribution in [0, 0.1) is 5.92 Å². The third-order valence-corrected chi connectivity index (χ3v) is 4.03. The van der Waals surface area contributed by atoms with Gasteiger partial charge in [-0.15, -0.1) is 0 Å². The molecule has 2 aromatic rings. The van der Waals surface area contributed by atoms with E-state index in [1.165, 1.54) is 17.5 Å². The topological polar surface area (TPSA) is 12.0 Å². The second-order valence-electron chi connectivity index (χ2n) is 5.43. The van der Waals surface area contributed by atoms with Crippen molar-refractivity contribution >= 4 is 11.3 Å². The summed E-state index contributed by atoms with van der Waals surface area (Å²) in [5.41, 5.74) is 2.84. The van der Waals surface area contributed by atoms with Crippen LogP contribution in [0.15, 0.2) is 47.2 Å². The molecule has 1 nitrogen and oxygen atoms in total. The van der Waals surface area contributed by atoms with Gasteiger partial charge in [-0.05, 0) is 53.3 Å². The van der Waals surface area contributed by atoms with E-state index in [0.717, 1.165) is 13.0 Å². The van der Waals surface area contributed by atoms with Gasteiger partial charge >= 0.3 is 0 Å². The molecule has 0 spiro atoms. The van der Waals surface area contributed by atoms with Crippen LogP contribution in [0.4, 0.5) is 0 Å². The summed E-state index contributed by atoms with van der Waals surface area (Å²) in [6.45, 7) is 5.62. The molecule has 0 fully saturated rings. The van der Waals surface area contributed by atoms with Crippen LogP contribution < -0.4 is 5.32 Å². The Labute approximate surface area is 120 Å². The van der Waals surface area contributed by atoms with Gasteiger partial charge < -0.3 is 5.32 Å². The summed E-state index contributed by atoms with van der Waals surface area (Å²) < 4.78 is 0. The Kier molecular flexibility index (Phi) is 5.62. The lowest BCUT2D eigenvalue weighted by Gasteiger charge is -2.21. The quantitative estimate of drug-likeness (QED) is 0.773. The van der Waals surface area contributed by atoms with Gasteiger partial charge in [0.15, 0.2) is 0 Å². The maximum atomic E-state index is 3.71. The fourth-order valence-corrected chi connectivity index (χ4v) is 3.02. The fourth-order valence-electron chi connectivity index (χ4n) is 2.32. The Morgan fingerprint density at radius 2 is 1.89 bits per heavy atom. The number of benzene rings is 1. The molecule has 1 aromatic heterocycles. The molecule has 1 N–H and O–H groups in total. The summed E-state index contributed by atoms with van der Waals surface area (Å²) in [6, 6.07) is 13.5. The van der Waals surface area contributed by atoms with Gasteiger partial charge in [0.1, 0.15) is 0 Å². The number of nitrogens with one attached hydrogen (secondary N) is 1. The van der Waals surface area contributed by atoms with Crippen molar-refractivity contribution in [1.82, 2.24) is 5.32 Å². The van der Waals surface area contributed by atoms with Crippen molar-refractivity contribution in [3.63, 3.8) is 0 Å². The molecule has 102 valence electrons. The molecular formula is C17H23NS. The average Bonchev–Trinajstić information content (AvgIpc) is 2.91. The first-order chi connectivity index (χ1) is 9.25. The SMILES string of the molecule is CC(C)CC(NCCc1ccsc1)c1ccccc1. The molecule has 2 heteroatoms. The normalized spacial score (nSPS) is 12.8. The number of hydrogen-bond donors (Lipinski definition) is 1. The molecule has 1 heterocycles. The monoisotopic (exact) mass is 273 g/mol. The maximum Gasteiger partial charge on any atom is 0.0322 e. The Morgan fingerprint density at radius 1 is 1.11 bits per heavy atom. The minimum Gasteiger partial charge on any atom is -0.310 e. The van der Waals surface area contributed by atoms with Crippen molar-refractivity contribution < 1.29 is 0 Å². The fraction of sp³-hybridized carbons (Fsp3) is 0.412. The highest BCUT2D eigenvalue weighted by Crippen LogP contribution is 2.21. The lowest BCUT2D eigenvalue weighted by Crippen LogP contribution is -2.25. The third kappa shape index (κ3) is 4.81. The first kappa shape index (κ1) is 14.3. The lowest BCUT2D eigenvalue weighted by atomic mass is 9.97. The van der Waals surface area contributed by atoms with Gasteiger partial charge in [-0.1, -0.05) is 44.2 Å². The van der Waals surface area contributed by atoms with Crippen molar-refractivity contribution in [3.8, 4) is 0 Å². The van der Waals surface area contributed by atoms with Gasteiger partial charge in [0, 0.05) is 6.04 Å². The molecular weight excluding hydrogens is 250 g/mol. The Morgan fingerprint density at radius 3 is 2.53 bits per heavy atom. The zero-order valence-corrected chi connectivity index (χ0v) is 12.6. The number of rotatable bonds is 7.